The van der Waals surface area contributed by atoms with Crippen LogP contribution in [0.25, 0.3) is 5.69 Å². The summed E-state index contributed by atoms with van der Waals surface area (Å²) in [4.78, 5) is 15.3. The van der Waals surface area contributed by atoms with Gasteiger partial charge in [0.25, 0.3) is 5.91 Å². The highest BCUT2D eigenvalue weighted by Crippen LogP contribution is 2.33. The Morgan fingerprint density at radius 3 is 2.71 bits per heavy atom. The zero-order valence-corrected chi connectivity index (χ0v) is 16.2. The van der Waals surface area contributed by atoms with Gasteiger partial charge in [-0.2, -0.15) is 0 Å². The van der Waals surface area contributed by atoms with Crippen molar-refractivity contribution in [3.05, 3.63) is 71.8 Å². The first kappa shape index (κ1) is 18.2. The van der Waals surface area contributed by atoms with Crippen molar-refractivity contribution in [2.24, 2.45) is 0 Å². The highest BCUT2D eigenvalue weighted by Gasteiger charge is 2.32. The standard InChI is InChI=1S/C22H24N4O2/c1-16-14-18(28-2)11-12-19(16)22(27)25-13-7-6-10-20(25)21-24-23-15-26(21)17-8-4-3-5-9-17/h3-5,8-9,11-12,14-15,20H,6-7,10,13H2,1-2H3. The van der Waals surface area contributed by atoms with E-state index in [1.807, 2.05) is 64.9 Å². The van der Waals surface area contributed by atoms with Gasteiger partial charge in [0, 0.05) is 17.8 Å². The number of methoxy groups -OCH3 is 1. The van der Waals surface area contributed by atoms with Gasteiger partial charge >= 0.3 is 0 Å². The van der Waals surface area contributed by atoms with Crippen molar-refractivity contribution in [1.82, 2.24) is 19.7 Å². The average molecular weight is 376 g/mol. The highest BCUT2D eigenvalue weighted by molar-refractivity contribution is 5.96. The lowest BCUT2D eigenvalue weighted by Crippen LogP contribution is -2.40. The van der Waals surface area contributed by atoms with Crippen LogP contribution in [0.4, 0.5) is 0 Å². The average Bonchev–Trinajstić information content (AvgIpc) is 3.23. The predicted octanol–water partition coefficient (Wildman–Crippen LogP) is 3.95. The smallest absolute Gasteiger partial charge is 0.254 e. The Balaban J connectivity index is 1.68. The molecule has 0 aliphatic carbocycles. The van der Waals surface area contributed by atoms with E-state index in [-0.39, 0.29) is 11.9 Å². The van der Waals surface area contributed by atoms with Crippen LogP contribution in [-0.2, 0) is 0 Å². The van der Waals surface area contributed by atoms with Gasteiger partial charge in [0.15, 0.2) is 5.82 Å². The summed E-state index contributed by atoms with van der Waals surface area (Å²) in [5, 5.41) is 8.53. The third-order valence-corrected chi connectivity index (χ3v) is 5.33. The lowest BCUT2D eigenvalue weighted by molar-refractivity contribution is 0.0596. The number of aryl methyl sites for hydroxylation is 1. The number of nitrogens with zero attached hydrogens (tertiary/aromatic N) is 4. The first-order valence-electron chi connectivity index (χ1n) is 9.60. The van der Waals surface area contributed by atoms with Crippen molar-refractivity contribution in [3.63, 3.8) is 0 Å². The molecule has 0 saturated carbocycles. The van der Waals surface area contributed by atoms with Gasteiger partial charge in [-0.25, -0.2) is 0 Å². The third-order valence-electron chi connectivity index (χ3n) is 5.33. The number of rotatable bonds is 4. The summed E-state index contributed by atoms with van der Waals surface area (Å²) in [6.07, 6.45) is 4.67. The molecule has 1 unspecified atom stereocenters. The van der Waals surface area contributed by atoms with Crippen LogP contribution in [0.1, 0.15) is 47.1 Å². The molecule has 1 aromatic heterocycles. The fourth-order valence-corrected chi connectivity index (χ4v) is 3.86. The lowest BCUT2D eigenvalue weighted by Gasteiger charge is -2.35. The number of aromatic nitrogens is 3. The van der Waals surface area contributed by atoms with Crippen molar-refractivity contribution in [1.29, 1.82) is 0 Å². The van der Waals surface area contributed by atoms with Crippen molar-refractivity contribution in [3.8, 4) is 11.4 Å². The molecule has 1 saturated heterocycles. The lowest BCUT2D eigenvalue weighted by atomic mass is 9.98. The van der Waals surface area contributed by atoms with Crippen LogP contribution in [0.2, 0.25) is 0 Å². The molecule has 2 heterocycles. The summed E-state index contributed by atoms with van der Waals surface area (Å²) < 4.78 is 7.26. The number of para-hydroxylation sites is 1. The number of amides is 1. The molecule has 0 radical (unpaired) electrons. The van der Waals surface area contributed by atoms with Crippen LogP contribution in [0.15, 0.2) is 54.9 Å². The number of hydrogen-bond donors (Lipinski definition) is 0. The molecule has 28 heavy (non-hydrogen) atoms. The molecule has 4 rings (SSSR count). The summed E-state index contributed by atoms with van der Waals surface area (Å²) in [5.74, 6) is 1.60. The molecule has 2 aromatic carbocycles. The van der Waals surface area contributed by atoms with Crippen molar-refractivity contribution < 1.29 is 9.53 Å². The van der Waals surface area contributed by atoms with Gasteiger partial charge in [0.1, 0.15) is 12.1 Å². The zero-order valence-electron chi connectivity index (χ0n) is 16.2. The molecule has 0 spiro atoms. The van der Waals surface area contributed by atoms with Gasteiger partial charge in [-0.05, 0) is 62.1 Å². The Morgan fingerprint density at radius 1 is 1.14 bits per heavy atom. The SMILES string of the molecule is COc1ccc(C(=O)N2CCCCC2c2nncn2-c2ccccc2)c(C)c1. The Labute approximate surface area is 164 Å². The topological polar surface area (TPSA) is 60.2 Å². The van der Waals surface area contributed by atoms with Gasteiger partial charge in [0.2, 0.25) is 0 Å². The predicted molar refractivity (Wildman–Crippen MR) is 107 cm³/mol. The van der Waals surface area contributed by atoms with E-state index in [1.54, 1.807) is 13.4 Å². The number of benzene rings is 2. The number of piperidine rings is 1. The molecule has 1 fully saturated rings. The zero-order chi connectivity index (χ0) is 19.5. The normalized spacial score (nSPS) is 16.8. The van der Waals surface area contributed by atoms with Crippen LogP contribution in [0.3, 0.4) is 0 Å². The summed E-state index contributed by atoms with van der Waals surface area (Å²) in [6.45, 7) is 2.66. The first-order chi connectivity index (χ1) is 13.7. The minimum absolute atomic E-state index is 0.0347. The van der Waals surface area contributed by atoms with Gasteiger partial charge in [0.05, 0.1) is 13.2 Å². The van der Waals surface area contributed by atoms with E-state index in [0.717, 1.165) is 48.6 Å². The molecule has 0 bridgehead atoms. The number of hydrogen-bond acceptors (Lipinski definition) is 4. The second kappa shape index (κ2) is 7.84. The quantitative estimate of drug-likeness (QED) is 0.692. The summed E-state index contributed by atoms with van der Waals surface area (Å²) in [6, 6.07) is 15.5. The minimum Gasteiger partial charge on any atom is -0.497 e. The molecule has 6 nitrogen and oxygen atoms in total. The van der Waals surface area contributed by atoms with Crippen LogP contribution in [0.5, 0.6) is 5.75 Å². The summed E-state index contributed by atoms with van der Waals surface area (Å²) in [5.41, 5.74) is 2.62. The Morgan fingerprint density at radius 2 is 1.96 bits per heavy atom. The molecular weight excluding hydrogens is 352 g/mol. The molecule has 1 atom stereocenters. The molecule has 0 N–H and O–H groups in total. The van der Waals surface area contributed by atoms with Crippen LogP contribution >= 0.6 is 0 Å². The minimum atomic E-state index is -0.0922. The van der Waals surface area contributed by atoms with E-state index in [0.29, 0.717) is 5.56 Å². The Kier molecular flexibility index (Phi) is 5.10. The van der Waals surface area contributed by atoms with Crippen molar-refractivity contribution in [2.45, 2.75) is 32.2 Å². The monoisotopic (exact) mass is 376 g/mol. The first-order valence-corrected chi connectivity index (χ1v) is 9.60. The maximum Gasteiger partial charge on any atom is 0.254 e. The molecule has 6 heteroatoms. The molecule has 144 valence electrons. The van der Waals surface area contributed by atoms with Crippen LogP contribution < -0.4 is 4.74 Å². The number of likely N-dealkylation sites (tertiary alicyclic amines) is 1. The largest absolute Gasteiger partial charge is 0.497 e. The third kappa shape index (κ3) is 3.38. The molecule has 3 aromatic rings. The van der Waals surface area contributed by atoms with E-state index in [2.05, 4.69) is 10.2 Å². The second-order valence-corrected chi connectivity index (χ2v) is 7.09. The molecule has 1 aliphatic heterocycles. The van der Waals surface area contributed by atoms with Gasteiger partial charge in [-0.3, -0.25) is 9.36 Å². The molecule has 1 amide bonds. The van der Waals surface area contributed by atoms with E-state index < -0.39 is 0 Å². The fourth-order valence-electron chi connectivity index (χ4n) is 3.86. The summed E-state index contributed by atoms with van der Waals surface area (Å²) in [7, 11) is 1.63. The van der Waals surface area contributed by atoms with Gasteiger partial charge < -0.3 is 9.64 Å². The maximum atomic E-state index is 13.4. The second-order valence-electron chi connectivity index (χ2n) is 7.09. The maximum absolute atomic E-state index is 13.4. The summed E-state index contributed by atoms with van der Waals surface area (Å²) >= 11 is 0. The van der Waals surface area contributed by atoms with Crippen molar-refractivity contribution in [2.75, 3.05) is 13.7 Å². The van der Waals surface area contributed by atoms with E-state index >= 15 is 0 Å². The van der Waals surface area contributed by atoms with Gasteiger partial charge in [-0.1, -0.05) is 18.2 Å². The van der Waals surface area contributed by atoms with Crippen molar-refractivity contribution >= 4 is 5.91 Å². The van der Waals surface area contributed by atoms with Crippen LogP contribution in [0, 0.1) is 6.92 Å². The van der Waals surface area contributed by atoms with Crippen LogP contribution in [-0.4, -0.2) is 39.2 Å². The van der Waals surface area contributed by atoms with E-state index in [9.17, 15) is 4.79 Å². The van der Waals surface area contributed by atoms with E-state index in [1.165, 1.54) is 0 Å². The Hall–Kier alpha value is -3.15. The number of carbonyl (C=O) groups excluding carboxylic acids is 1. The Bertz CT molecular complexity index is 968. The number of carbonyl (C=O) groups is 1. The molecule has 1 aliphatic rings. The number of ether oxygens (including phenoxy) is 1. The highest BCUT2D eigenvalue weighted by atomic mass is 16.5. The molecular formula is C22H24N4O2. The van der Waals surface area contributed by atoms with E-state index in [4.69, 9.17) is 4.74 Å². The van der Waals surface area contributed by atoms with Gasteiger partial charge in [-0.15, -0.1) is 10.2 Å². The fraction of sp³-hybridized carbons (Fsp3) is 0.318.